The molecule has 0 saturated carbocycles. The number of Topliss-reactive ketones (excluding diaryl/α,β-unsaturated/α-hetero) is 1. The van der Waals surface area contributed by atoms with Crippen LogP contribution >= 0.6 is 0 Å². The van der Waals surface area contributed by atoms with Crippen molar-refractivity contribution in [3.05, 3.63) is 0 Å². The number of hydrogen-bond acceptors (Lipinski definition) is 3. The first kappa shape index (κ1) is 12.4. The van der Waals surface area contributed by atoms with Crippen LogP contribution in [0.2, 0.25) is 0 Å². The Labute approximate surface area is 72.0 Å². The summed E-state index contributed by atoms with van der Waals surface area (Å²) in [5.41, 5.74) is 0. The van der Waals surface area contributed by atoms with E-state index in [1.54, 1.807) is 6.92 Å². The average Bonchev–Trinajstić information content (AvgIpc) is 1.64. The number of hydrogen-bond donors (Lipinski definition) is 0. The molecule has 0 radical (unpaired) electrons. The second-order valence-electron chi connectivity index (χ2n) is 1.89. The van der Waals surface area contributed by atoms with Gasteiger partial charge in [-0.25, -0.2) is 0 Å². The zero-order chi connectivity index (χ0) is 7.44. The van der Waals surface area contributed by atoms with Gasteiger partial charge in [-0.1, -0.05) is 6.92 Å². The second kappa shape index (κ2) is 5.52. The molecule has 4 heteroatoms. The van der Waals surface area contributed by atoms with Crippen LogP contribution in [-0.2, 0) is 9.59 Å². The molecule has 0 bridgehead atoms. The summed E-state index contributed by atoms with van der Waals surface area (Å²) in [6.07, 6.45) is 0.317. The summed E-state index contributed by atoms with van der Waals surface area (Å²) in [6, 6.07) is 0. The quantitative estimate of drug-likeness (QED) is 0.297. The smallest absolute Gasteiger partial charge is 0.549 e. The third kappa shape index (κ3) is 3.70. The van der Waals surface area contributed by atoms with E-state index in [9.17, 15) is 14.7 Å². The van der Waals surface area contributed by atoms with Gasteiger partial charge in [0.25, 0.3) is 0 Å². The summed E-state index contributed by atoms with van der Waals surface area (Å²) in [4.78, 5) is 20.4. The van der Waals surface area contributed by atoms with Crippen molar-refractivity contribution in [1.82, 2.24) is 0 Å². The molecule has 0 rings (SSSR count). The first-order valence-electron chi connectivity index (χ1n) is 2.81. The molecule has 0 aromatic rings. The summed E-state index contributed by atoms with van der Waals surface area (Å²) in [5.74, 6) is -2.52. The van der Waals surface area contributed by atoms with Crippen LogP contribution in [0.15, 0.2) is 0 Å². The van der Waals surface area contributed by atoms with Crippen molar-refractivity contribution >= 4 is 11.8 Å². The molecule has 0 spiro atoms. The minimum absolute atomic E-state index is 0. The van der Waals surface area contributed by atoms with Crippen LogP contribution in [0.25, 0.3) is 0 Å². The van der Waals surface area contributed by atoms with Gasteiger partial charge in [0.2, 0.25) is 0 Å². The number of aliphatic carboxylic acids is 1. The fourth-order valence-corrected chi connectivity index (χ4v) is 0.620. The van der Waals surface area contributed by atoms with Crippen molar-refractivity contribution in [2.45, 2.75) is 20.3 Å². The Morgan fingerprint density at radius 1 is 1.50 bits per heavy atom. The molecule has 1 atom stereocenters. The molecule has 3 nitrogen and oxygen atoms in total. The predicted molar refractivity (Wildman–Crippen MR) is 29.5 cm³/mol. The molecule has 1 unspecified atom stereocenters. The van der Waals surface area contributed by atoms with Crippen molar-refractivity contribution in [3.8, 4) is 0 Å². The molecule has 0 aliphatic rings. The fraction of sp³-hybridized carbons (Fsp3) is 0.667. The molecule has 0 aliphatic heterocycles. The third-order valence-corrected chi connectivity index (χ3v) is 1.18. The van der Waals surface area contributed by atoms with Crippen molar-refractivity contribution in [2.75, 3.05) is 0 Å². The number of carbonyl (C=O) groups excluding carboxylic acids is 2. The Balaban J connectivity index is 0. The average molecular weight is 136 g/mol. The molecule has 10 heavy (non-hydrogen) atoms. The van der Waals surface area contributed by atoms with Crippen LogP contribution in [0.3, 0.4) is 0 Å². The van der Waals surface area contributed by atoms with Gasteiger partial charge in [-0.2, -0.15) is 0 Å². The van der Waals surface area contributed by atoms with E-state index in [4.69, 9.17) is 0 Å². The summed E-state index contributed by atoms with van der Waals surface area (Å²) in [5, 5.41) is 10.0. The van der Waals surface area contributed by atoms with Gasteiger partial charge in [0.15, 0.2) is 0 Å². The van der Waals surface area contributed by atoms with Crippen LogP contribution in [-0.4, -0.2) is 11.8 Å². The standard InChI is InChI=1S/C6H10O3.Li/c1-3-5(4(2)7)6(8)9;/h5H,3H2,1-2H3,(H,8,9);/q;+1/p-1. The van der Waals surface area contributed by atoms with E-state index in [1.807, 2.05) is 0 Å². The largest absolute Gasteiger partial charge is 1.00 e. The molecule has 0 N–H and O–H groups in total. The molecule has 0 fully saturated rings. The van der Waals surface area contributed by atoms with Crippen LogP contribution < -0.4 is 24.0 Å². The monoisotopic (exact) mass is 136 g/mol. The number of rotatable bonds is 3. The summed E-state index contributed by atoms with van der Waals surface area (Å²) < 4.78 is 0. The number of carbonyl (C=O) groups is 2. The van der Waals surface area contributed by atoms with E-state index >= 15 is 0 Å². The zero-order valence-electron chi connectivity index (χ0n) is 6.51. The first-order chi connectivity index (χ1) is 4.09. The normalized spacial score (nSPS) is 11.4. The molecule has 0 aromatic carbocycles. The van der Waals surface area contributed by atoms with E-state index in [0.717, 1.165) is 0 Å². The topological polar surface area (TPSA) is 57.2 Å². The Morgan fingerprint density at radius 3 is 1.90 bits per heavy atom. The molecular weight excluding hydrogens is 127 g/mol. The van der Waals surface area contributed by atoms with Crippen LogP contribution in [0.5, 0.6) is 0 Å². The van der Waals surface area contributed by atoms with E-state index in [0.29, 0.717) is 6.42 Å². The van der Waals surface area contributed by atoms with Gasteiger partial charge in [0, 0.05) is 0 Å². The molecule has 52 valence electrons. The van der Waals surface area contributed by atoms with Crippen LogP contribution in [0.4, 0.5) is 0 Å². The molecule has 0 heterocycles. The minimum atomic E-state index is -1.27. The number of ketones is 1. The summed E-state index contributed by atoms with van der Waals surface area (Å²) in [6.45, 7) is 2.89. The van der Waals surface area contributed by atoms with E-state index in [2.05, 4.69) is 0 Å². The van der Waals surface area contributed by atoms with Gasteiger partial charge >= 0.3 is 18.9 Å². The van der Waals surface area contributed by atoms with Crippen molar-refractivity contribution in [3.63, 3.8) is 0 Å². The van der Waals surface area contributed by atoms with Gasteiger partial charge in [0.05, 0.1) is 11.9 Å². The second-order valence-corrected chi connectivity index (χ2v) is 1.89. The number of carboxylic acid groups (broad SMARTS) is 1. The zero-order valence-corrected chi connectivity index (χ0v) is 6.51. The molecule has 0 aromatic heterocycles. The third-order valence-electron chi connectivity index (χ3n) is 1.18. The SMILES string of the molecule is CCC(C(C)=O)C(=O)[O-].[Li+]. The fourth-order valence-electron chi connectivity index (χ4n) is 0.620. The van der Waals surface area contributed by atoms with Gasteiger partial charge in [-0.05, 0) is 13.3 Å². The van der Waals surface area contributed by atoms with E-state index < -0.39 is 11.9 Å². The van der Waals surface area contributed by atoms with E-state index in [-0.39, 0.29) is 24.6 Å². The Morgan fingerprint density at radius 2 is 1.90 bits per heavy atom. The van der Waals surface area contributed by atoms with Gasteiger partial charge in [-0.3, -0.25) is 4.79 Å². The maximum absolute atomic E-state index is 10.4. The molecular formula is C6H9LiO3. The predicted octanol–water partition coefficient (Wildman–Crippen LogP) is -3.64. The van der Waals surface area contributed by atoms with Gasteiger partial charge in [-0.15, -0.1) is 0 Å². The molecule has 0 aliphatic carbocycles. The van der Waals surface area contributed by atoms with Crippen molar-refractivity contribution < 1.29 is 33.6 Å². The Bertz CT molecular complexity index is 119. The van der Waals surface area contributed by atoms with E-state index in [1.165, 1.54) is 6.92 Å². The Kier molecular flexibility index (Phi) is 6.85. The maximum Gasteiger partial charge on any atom is 1.00 e. The summed E-state index contributed by atoms with van der Waals surface area (Å²) in [7, 11) is 0. The van der Waals surface area contributed by atoms with Gasteiger partial charge < -0.3 is 9.90 Å². The minimum Gasteiger partial charge on any atom is -0.549 e. The van der Waals surface area contributed by atoms with Gasteiger partial charge in [0.1, 0.15) is 5.78 Å². The summed E-state index contributed by atoms with van der Waals surface area (Å²) >= 11 is 0. The van der Waals surface area contributed by atoms with Crippen molar-refractivity contribution in [1.29, 1.82) is 0 Å². The van der Waals surface area contributed by atoms with Crippen LogP contribution in [0.1, 0.15) is 20.3 Å². The number of carboxylic acids is 1. The Hall–Kier alpha value is -0.263. The first-order valence-corrected chi connectivity index (χ1v) is 2.81. The van der Waals surface area contributed by atoms with Crippen LogP contribution in [0, 0.1) is 5.92 Å². The van der Waals surface area contributed by atoms with Crippen molar-refractivity contribution in [2.24, 2.45) is 5.92 Å². The molecule has 0 amide bonds. The maximum atomic E-state index is 10.4. The molecule has 0 saturated heterocycles.